The molecule has 1 saturated heterocycles. The van der Waals surface area contributed by atoms with Crippen LogP contribution in [0.5, 0.6) is 0 Å². The lowest BCUT2D eigenvalue weighted by molar-refractivity contribution is -0.633. The van der Waals surface area contributed by atoms with E-state index < -0.39 is 0 Å². The Bertz CT molecular complexity index is 530. The van der Waals surface area contributed by atoms with E-state index in [4.69, 9.17) is 0 Å². The van der Waals surface area contributed by atoms with E-state index in [1.54, 1.807) is 29.4 Å². The number of amides is 2. The van der Waals surface area contributed by atoms with Crippen molar-refractivity contribution in [3.05, 3.63) is 30.1 Å². The lowest BCUT2D eigenvalue weighted by atomic mass is 10.2. The lowest BCUT2D eigenvalue weighted by Crippen LogP contribution is -2.88. The highest BCUT2D eigenvalue weighted by Gasteiger charge is 2.23. The number of nitrogens with two attached hydrogens (primary N) is 1. The van der Waals surface area contributed by atoms with Gasteiger partial charge in [0.2, 0.25) is 0 Å². The molecule has 6 nitrogen and oxygen atoms in total. The molecule has 1 heterocycles. The van der Waals surface area contributed by atoms with Crippen LogP contribution in [-0.2, 0) is 9.59 Å². The van der Waals surface area contributed by atoms with Gasteiger partial charge in [0.05, 0.1) is 5.69 Å². The summed E-state index contributed by atoms with van der Waals surface area (Å²) in [5.41, 5.74) is 0.584. The number of likely N-dealkylation sites (N-methyl/N-ethyl adjacent to an activating group) is 1. The van der Waals surface area contributed by atoms with Gasteiger partial charge in [0.1, 0.15) is 5.82 Å². The summed E-state index contributed by atoms with van der Waals surface area (Å²) in [5.74, 6) is -0.324. The van der Waals surface area contributed by atoms with Gasteiger partial charge < -0.3 is 20.4 Å². The van der Waals surface area contributed by atoms with E-state index >= 15 is 0 Å². The van der Waals surface area contributed by atoms with E-state index in [1.807, 2.05) is 11.0 Å². The van der Waals surface area contributed by atoms with Crippen LogP contribution in [0.1, 0.15) is 0 Å². The highest BCUT2D eigenvalue weighted by atomic mass is 19.1. The second-order valence-electron chi connectivity index (χ2n) is 5.19. The lowest BCUT2D eigenvalue weighted by Gasteiger charge is -2.35. The first-order chi connectivity index (χ1) is 10.6. The number of halogens is 1. The molecule has 0 spiro atoms. The number of nitrogens with zero attached hydrogens (tertiary/aromatic N) is 2. The predicted molar refractivity (Wildman–Crippen MR) is 80.9 cm³/mol. The number of carbonyl (C=O) groups excluding carboxylic acids is 2. The molecule has 1 aromatic rings. The summed E-state index contributed by atoms with van der Waals surface area (Å²) >= 11 is 0. The number of hydrogen-bond acceptors (Lipinski definition) is 3. The number of quaternary nitrogens is 1. The molecule has 0 radical (unpaired) electrons. The molecule has 3 N–H and O–H groups in total. The van der Waals surface area contributed by atoms with Crippen molar-refractivity contribution in [1.29, 1.82) is 0 Å². The zero-order valence-corrected chi connectivity index (χ0v) is 12.7. The Morgan fingerprint density at radius 3 is 2.50 bits per heavy atom. The molecule has 7 heteroatoms. The summed E-state index contributed by atoms with van der Waals surface area (Å²) in [6.45, 7) is 2.87. The monoisotopic (exact) mass is 309 g/mol. The number of piperazine rings is 1. The Morgan fingerprint density at radius 2 is 1.86 bits per heavy atom. The maximum Gasteiger partial charge on any atom is 0.277 e. The van der Waals surface area contributed by atoms with Gasteiger partial charge in [-0.15, -0.1) is 0 Å². The number of anilines is 1. The Labute approximate surface area is 129 Å². The van der Waals surface area contributed by atoms with Crippen molar-refractivity contribution in [1.82, 2.24) is 10.2 Å². The van der Waals surface area contributed by atoms with Crippen molar-refractivity contribution in [2.24, 2.45) is 0 Å². The summed E-state index contributed by atoms with van der Waals surface area (Å²) < 4.78 is 13.7. The minimum Gasteiger partial charge on any atom is -0.366 e. The van der Waals surface area contributed by atoms with Crippen molar-refractivity contribution in [2.45, 2.75) is 0 Å². The Kier molecular flexibility index (Phi) is 5.71. The average molecular weight is 309 g/mol. The standard InChI is InChI=1S/C15H21FN4O2/c1-17-14(21)10-18-11-15(22)20-8-6-19(7-9-20)13-5-3-2-4-12(13)16/h2-5,18H,6-11H2,1H3,(H,17,21)/p+1. The van der Waals surface area contributed by atoms with E-state index in [1.165, 1.54) is 6.07 Å². The van der Waals surface area contributed by atoms with Gasteiger partial charge in [-0.2, -0.15) is 0 Å². The molecule has 2 rings (SSSR count). The molecular formula is C15H22FN4O2+. The molecular weight excluding hydrogens is 287 g/mol. The molecule has 1 aliphatic heterocycles. The first-order valence-electron chi connectivity index (χ1n) is 7.41. The molecule has 1 aliphatic rings. The van der Waals surface area contributed by atoms with Crippen molar-refractivity contribution in [3.63, 3.8) is 0 Å². The molecule has 0 aromatic heterocycles. The number of para-hydroxylation sites is 1. The number of benzene rings is 1. The van der Waals surface area contributed by atoms with Crippen molar-refractivity contribution in [2.75, 3.05) is 51.2 Å². The first kappa shape index (κ1) is 16.2. The largest absolute Gasteiger partial charge is 0.366 e. The maximum atomic E-state index is 13.7. The van der Waals surface area contributed by atoms with Crippen LogP contribution in [0.15, 0.2) is 24.3 Å². The summed E-state index contributed by atoms with van der Waals surface area (Å²) in [4.78, 5) is 26.9. The topological polar surface area (TPSA) is 69.3 Å². The van der Waals surface area contributed by atoms with Crippen LogP contribution in [0.2, 0.25) is 0 Å². The highest BCUT2D eigenvalue weighted by molar-refractivity contribution is 5.78. The van der Waals surface area contributed by atoms with Gasteiger partial charge in [0, 0.05) is 33.2 Å². The molecule has 0 aliphatic carbocycles. The zero-order valence-electron chi connectivity index (χ0n) is 12.7. The third-order valence-electron chi connectivity index (χ3n) is 3.75. The van der Waals surface area contributed by atoms with Gasteiger partial charge >= 0.3 is 0 Å². The molecule has 120 valence electrons. The third-order valence-corrected chi connectivity index (χ3v) is 3.75. The van der Waals surface area contributed by atoms with Crippen LogP contribution in [0.25, 0.3) is 0 Å². The fourth-order valence-corrected chi connectivity index (χ4v) is 2.46. The molecule has 0 unspecified atom stereocenters. The molecule has 1 aromatic carbocycles. The van der Waals surface area contributed by atoms with Crippen molar-refractivity contribution >= 4 is 17.5 Å². The second kappa shape index (κ2) is 7.74. The van der Waals surface area contributed by atoms with E-state index in [0.29, 0.717) is 31.9 Å². The summed E-state index contributed by atoms with van der Waals surface area (Å²) in [5, 5.41) is 4.20. The van der Waals surface area contributed by atoms with Gasteiger partial charge in [0.15, 0.2) is 13.1 Å². The fraction of sp³-hybridized carbons (Fsp3) is 0.467. The van der Waals surface area contributed by atoms with Gasteiger partial charge in [-0.25, -0.2) is 4.39 Å². The van der Waals surface area contributed by atoms with E-state index in [9.17, 15) is 14.0 Å². The van der Waals surface area contributed by atoms with Gasteiger partial charge in [-0.05, 0) is 12.1 Å². The van der Waals surface area contributed by atoms with Crippen LogP contribution in [0, 0.1) is 5.82 Å². The highest BCUT2D eigenvalue weighted by Crippen LogP contribution is 2.19. The molecule has 0 saturated carbocycles. The fourth-order valence-electron chi connectivity index (χ4n) is 2.46. The number of carbonyl (C=O) groups is 2. The molecule has 1 fully saturated rings. The quantitative estimate of drug-likeness (QED) is 0.717. The van der Waals surface area contributed by atoms with E-state index in [-0.39, 0.29) is 30.7 Å². The van der Waals surface area contributed by atoms with Crippen molar-refractivity contribution < 1.29 is 19.3 Å². The minimum atomic E-state index is -0.235. The Morgan fingerprint density at radius 1 is 1.18 bits per heavy atom. The van der Waals surface area contributed by atoms with Crippen LogP contribution in [0.4, 0.5) is 10.1 Å². The molecule has 0 atom stereocenters. The van der Waals surface area contributed by atoms with Crippen LogP contribution in [0.3, 0.4) is 0 Å². The van der Waals surface area contributed by atoms with Gasteiger partial charge in [-0.3, -0.25) is 9.59 Å². The molecule has 2 amide bonds. The SMILES string of the molecule is CNC(=O)C[NH2+]CC(=O)N1CCN(c2ccccc2F)CC1. The summed E-state index contributed by atoms with van der Waals surface area (Å²) in [6.07, 6.45) is 0. The van der Waals surface area contributed by atoms with Crippen molar-refractivity contribution in [3.8, 4) is 0 Å². The number of rotatable bonds is 5. The number of nitrogens with one attached hydrogen (secondary N) is 1. The normalized spacial score (nSPS) is 14.8. The van der Waals surface area contributed by atoms with Crippen LogP contribution in [-0.4, -0.2) is 63.0 Å². The average Bonchev–Trinajstić information content (AvgIpc) is 2.55. The summed E-state index contributed by atoms with van der Waals surface area (Å²) in [7, 11) is 1.57. The smallest absolute Gasteiger partial charge is 0.277 e. The first-order valence-corrected chi connectivity index (χ1v) is 7.41. The minimum absolute atomic E-state index is 0.0112. The zero-order chi connectivity index (χ0) is 15.9. The van der Waals surface area contributed by atoms with Gasteiger partial charge in [-0.1, -0.05) is 12.1 Å². The second-order valence-corrected chi connectivity index (χ2v) is 5.19. The molecule has 0 bridgehead atoms. The predicted octanol–water partition coefficient (Wildman–Crippen LogP) is -1.22. The molecule has 22 heavy (non-hydrogen) atoms. The number of hydrogen-bond donors (Lipinski definition) is 2. The maximum absolute atomic E-state index is 13.7. The van der Waals surface area contributed by atoms with Crippen LogP contribution >= 0.6 is 0 Å². The Balaban J connectivity index is 1.78. The van der Waals surface area contributed by atoms with Gasteiger partial charge in [0.25, 0.3) is 11.8 Å². The van der Waals surface area contributed by atoms with Crippen LogP contribution < -0.4 is 15.5 Å². The van der Waals surface area contributed by atoms with E-state index in [2.05, 4.69) is 5.32 Å². The summed E-state index contributed by atoms with van der Waals surface area (Å²) in [6, 6.07) is 6.68. The van der Waals surface area contributed by atoms with E-state index in [0.717, 1.165) is 0 Å². The Hall–Kier alpha value is -2.15. The third kappa shape index (κ3) is 4.17.